The average Bonchev–Trinajstić information content (AvgIpc) is 3.10. The van der Waals surface area contributed by atoms with Gasteiger partial charge in [0.25, 0.3) is 0 Å². The van der Waals surface area contributed by atoms with Crippen LogP contribution in [0, 0.1) is 0 Å². The highest BCUT2D eigenvalue weighted by molar-refractivity contribution is 5.31. The minimum Gasteiger partial charge on any atom is -0.396 e. The lowest BCUT2D eigenvalue weighted by Gasteiger charge is -2.14. The van der Waals surface area contributed by atoms with Gasteiger partial charge in [-0.05, 0) is 48.8 Å². The van der Waals surface area contributed by atoms with Crippen LogP contribution in [-0.2, 0) is 0 Å². The molecule has 1 aromatic carbocycles. The molecule has 1 aliphatic carbocycles. The van der Waals surface area contributed by atoms with Crippen molar-refractivity contribution in [3.05, 3.63) is 35.4 Å². The molecule has 82 valence electrons. The van der Waals surface area contributed by atoms with Gasteiger partial charge < -0.3 is 10.8 Å². The van der Waals surface area contributed by atoms with Crippen LogP contribution in [0.25, 0.3) is 0 Å². The van der Waals surface area contributed by atoms with Crippen molar-refractivity contribution in [3.63, 3.8) is 0 Å². The molecule has 1 unspecified atom stereocenters. The molecule has 0 saturated heterocycles. The first-order chi connectivity index (χ1) is 7.35. The zero-order chi connectivity index (χ0) is 10.7. The normalized spacial score (nSPS) is 17.7. The number of hydrogen-bond donors (Lipinski definition) is 2. The van der Waals surface area contributed by atoms with Crippen LogP contribution in [0.15, 0.2) is 24.3 Å². The van der Waals surface area contributed by atoms with Crippen LogP contribution in [-0.4, -0.2) is 18.3 Å². The summed E-state index contributed by atoms with van der Waals surface area (Å²) in [5.74, 6) is 1.10. The van der Waals surface area contributed by atoms with E-state index in [1.807, 2.05) is 0 Å². The van der Waals surface area contributed by atoms with E-state index in [1.165, 1.54) is 24.0 Å². The highest BCUT2D eigenvalue weighted by atomic mass is 16.3. The molecular weight excluding hydrogens is 186 g/mol. The van der Waals surface area contributed by atoms with Crippen LogP contribution < -0.4 is 5.73 Å². The van der Waals surface area contributed by atoms with Crippen LogP contribution >= 0.6 is 0 Å². The van der Waals surface area contributed by atoms with E-state index in [0.29, 0.717) is 12.5 Å². The number of benzene rings is 1. The maximum atomic E-state index is 8.96. The molecule has 2 heteroatoms. The zero-order valence-electron chi connectivity index (χ0n) is 9.02. The van der Waals surface area contributed by atoms with Gasteiger partial charge in [0.05, 0.1) is 0 Å². The maximum Gasteiger partial charge on any atom is 0.0437 e. The summed E-state index contributed by atoms with van der Waals surface area (Å²) >= 11 is 0. The summed E-state index contributed by atoms with van der Waals surface area (Å²) in [6.45, 7) is 0.838. The van der Waals surface area contributed by atoms with Crippen molar-refractivity contribution >= 4 is 0 Å². The first-order valence-corrected chi connectivity index (χ1v) is 5.76. The fourth-order valence-corrected chi connectivity index (χ4v) is 2.06. The second-order valence-corrected chi connectivity index (χ2v) is 4.39. The largest absolute Gasteiger partial charge is 0.396 e. The molecule has 1 aliphatic rings. The van der Waals surface area contributed by atoms with Crippen LogP contribution in [0.1, 0.15) is 42.2 Å². The predicted octanol–water partition coefficient (Wildman–Crippen LogP) is 1.99. The van der Waals surface area contributed by atoms with E-state index in [1.54, 1.807) is 0 Å². The second-order valence-electron chi connectivity index (χ2n) is 4.39. The Hall–Kier alpha value is -0.860. The fraction of sp³-hybridized carbons (Fsp3) is 0.538. The Morgan fingerprint density at radius 1 is 1.40 bits per heavy atom. The van der Waals surface area contributed by atoms with Gasteiger partial charge in [0.15, 0.2) is 0 Å². The smallest absolute Gasteiger partial charge is 0.0437 e. The zero-order valence-corrected chi connectivity index (χ0v) is 9.02. The van der Waals surface area contributed by atoms with Crippen molar-refractivity contribution in [3.8, 4) is 0 Å². The summed E-state index contributed by atoms with van der Waals surface area (Å²) in [6.07, 6.45) is 3.43. The number of rotatable bonds is 5. The Kier molecular flexibility index (Phi) is 3.39. The molecule has 0 spiro atoms. The molecule has 1 fully saturated rings. The molecule has 1 atom stereocenters. The summed E-state index contributed by atoms with van der Waals surface area (Å²) in [6, 6.07) is 8.71. The van der Waals surface area contributed by atoms with E-state index in [-0.39, 0.29) is 6.61 Å². The van der Waals surface area contributed by atoms with Crippen LogP contribution in [0.2, 0.25) is 0 Å². The highest BCUT2D eigenvalue weighted by Gasteiger charge is 2.23. The van der Waals surface area contributed by atoms with Gasteiger partial charge in [-0.15, -0.1) is 0 Å². The van der Waals surface area contributed by atoms with E-state index >= 15 is 0 Å². The van der Waals surface area contributed by atoms with Gasteiger partial charge in [-0.3, -0.25) is 0 Å². The highest BCUT2D eigenvalue weighted by Crippen LogP contribution is 2.40. The lowest BCUT2D eigenvalue weighted by Crippen LogP contribution is -2.14. The third kappa shape index (κ3) is 2.58. The monoisotopic (exact) mass is 205 g/mol. The molecule has 2 rings (SSSR count). The molecule has 1 saturated carbocycles. The molecule has 0 heterocycles. The van der Waals surface area contributed by atoms with Crippen molar-refractivity contribution in [1.29, 1.82) is 0 Å². The van der Waals surface area contributed by atoms with Crippen molar-refractivity contribution in [1.82, 2.24) is 0 Å². The summed E-state index contributed by atoms with van der Waals surface area (Å²) in [5, 5.41) is 8.96. The SMILES string of the molecule is NCC(CCO)c1cccc(C2CC2)c1. The van der Waals surface area contributed by atoms with E-state index in [2.05, 4.69) is 24.3 Å². The summed E-state index contributed by atoms with van der Waals surface area (Å²) in [4.78, 5) is 0. The van der Waals surface area contributed by atoms with Gasteiger partial charge in [0.2, 0.25) is 0 Å². The molecule has 2 nitrogen and oxygen atoms in total. The van der Waals surface area contributed by atoms with Gasteiger partial charge >= 0.3 is 0 Å². The molecule has 3 N–H and O–H groups in total. The van der Waals surface area contributed by atoms with Crippen molar-refractivity contribution in [2.24, 2.45) is 5.73 Å². The van der Waals surface area contributed by atoms with Crippen molar-refractivity contribution < 1.29 is 5.11 Å². The minimum absolute atomic E-state index is 0.218. The number of hydrogen-bond acceptors (Lipinski definition) is 2. The van der Waals surface area contributed by atoms with Gasteiger partial charge in [0, 0.05) is 6.61 Å². The topological polar surface area (TPSA) is 46.2 Å². The maximum absolute atomic E-state index is 8.96. The van der Waals surface area contributed by atoms with E-state index in [4.69, 9.17) is 10.8 Å². The Morgan fingerprint density at radius 2 is 2.20 bits per heavy atom. The third-order valence-corrected chi connectivity index (χ3v) is 3.19. The first-order valence-electron chi connectivity index (χ1n) is 5.76. The predicted molar refractivity (Wildman–Crippen MR) is 61.9 cm³/mol. The summed E-state index contributed by atoms with van der Waals surface area (Å²) < 4.78 is 0. The lowest BCUT2D eigenvalue weighted by atomic mass is 9.94. The molecule has 15 heavy (non-hydrogen) atoms. The van der Waals surface area contributed by atoms with Crippen LogP contribution in [0.5, 0.6) is 0 Å². The fourth-order valence-electron chi connectivity index (χ4n) is 2.06. The van der Waals surface area contributed by atoms with Crippen LogP contribution in [0.3, 0.4) is 0 Å². The van der Waals surface area contributed by atoms with Crippen molar-refractivity contribution in [2.45, 2.75) is 31.1 Å². The quantitative estimate of drug-likeness (QED) is 0.772. The van der Waals surface area contributed by atoms with Gasteiger partial charge in [-0.1, -0.05) is 24.3 Å². The van der Waals surface area contributed by atoms with Gasteiger partial charge in [0.1, 0.15) is 0 Å². The molecular formula is C13H19NO. The Labute approximate surface area is 91.1 Å². The molecule has 0 radical (unpaired) electrons. The molecule has 0 bridgehead atoms. The Morgan fingerprint density at radius 3 is 2.80 bits per heavy atom. The van der Waals surface area contributed by atoms with Crippen LogP contribution in [0.4, 0.5) is 0 Å². The average molecular weight is 205 g/mol. The number of nitrogens with two attached hydrogens (primary N) is 1. The standard InChI is InChI=1S/C13H19NO/c14-9-13(6-7-15)12-3-1-2-11(8-12)10-4-5-10/h1-3,8,10,13,15H,4-7,9,14H2. The lowest BCUT2D eigenvalue weighted by molar-refractivity contribution is 0.276. The van der Waals surface area contributed by atoms with E-state index in [9.17, 15) is 0 Å². The molecule has 0 amide bonds. The Balaban J connectivity index is 2.14. The molecule has 1 aromatic rings. The summed E-state index contributed by atoms with van der Waals surface area (Å²) in [7, 11) is 0. The second kappa shape index (κ2) is 4.77. The number of aliphatic hydroxyl groups excluding tert-OH is 1. The first kappa shape index (κ1) is 10.7. The minimum atomic E-state index is 0.218. The molecule has 0 aromatic heterocycles. The van der Waals surface area contributed by atoms with E-state index in [0.717, 1.165) is 12.3 Å². The summed E-state index contributed by atoms with van der Waals surface area (Å²) in [5.41, 5.74) is 8.46. The Bertz CT molecular complexity index is 320. The van der Waals surface area contributed by atoms with Gasteiger partial charge in [-0.2, -0.15) is 0 Å². The molecule has 0 aliphatic heterocycles. The van der Waals surface area contributed by atoms with E-state index < -0.39 is 0 Å². The van der Waals surface area contributed by atoms with Gasteiger partial charge in [-0.25, -0.2) is 0 Å². The number of aliphatic hydroxyl groups is 1. The third-order valence-electron chi connectivity index (χ3n) is 3.19. The van der Waals surface area contributed by atoms with Crippen molar-refractivity contribution in [2.75, 3.05) is 13.2 Å².